The van der Waals surface area contributed by atoms with Crippen molar-refractivity contribution in [3.05, 3.63) is 47.4 Å². The van der Waals surface area contributed by atoms with Crippen LogP contribution in [0.2, 0.25) is 5.02 Å². The Hall–Kier alpha value is -2.14. The smallest absolute Gasteiger partial charge is 0.275 e. The van der Waals surface area contributed by atoms with Gasteiger partial charge < -0.3 is 10.2 Å². The van der Waals surface area contributed by atoms with Crippen LogP contribution in [0.25, 0.3) is 0 Å². The topological polar surface area (TPSA) is 58.1 Å². The molecular weight excluding hydrogens is 288 g/mol. The lowest BCUT2D eigenvalue weighted by Gasteiger charge is -2.18. The van der Waals surface area contributed by atoms with Gasteiger partial charge in [0.1, 0.15) is 11.5 Å². The molecule has 0 saturated carbocycles. The molecule has 0 aliphatic heterocycles. The molecule has 2 aromatic rings. The summed E-state index contributed by atoms with van der Waals surface area (Å²) in [5.41, 5.74) is 0.944. The van der Waals surface area contributed by atoms with Crippen molar-refractivity contribution in [2.24, 2.45) is 0 Å². The Morgan fingerprint density at radius 3 is 2.33 bits per heavy atom. The lowest BCUT2D eigenvalue weighted by atomic mass is 10.3. The van der Waals surface area contributed by atoms with Crippen molar-refractivity contribution in [1.82, 2.24) is 9.97 Å². The highest BCUT2D eigenvalue weighted by molar-refractivity contribution is 6.30. The van der Waals surface area contributed by atoms with E-state index in [4.69, 9.17) is 11.6 Å². The molecule has 0 atom stereocenters. The van der Waals surface area contributed by atoms with Gasteiger partial charge in [-0.3, -0.25) is 4.79 Å². The van der Waals surface area contributed by atoms with Crippen molar-refractivity contribution in [1.29, 1.82) is 0 Å². The molecule has 1 aromatic carbocycles. The Morgan fingerprint density at radius 1 is 1.14 bits per heavy atom. The molecule has 0 radical (unpaired) electrons. The number of hydrogen-bond acceptors (Lipinski definition) is 4. The van der Waals surface area contributed by atoms with Crippen LogP contribution in [0.4, 0.5) is 11.5 Å². The second kappa shape index (κ2) is 7.04. The molecular formula is C15H17ClN4O. The maximum Gasteiger partial charge on any atom is 0.275 e. The van der Waals surface area contributed by atoms with Crippen LogP contribution in [0.15, 0.2) is 36.7 Å². The molecule has 1 N–H and O–H groups in total. The second-order valence-corrected chi connectivity index (χ2v) is 4.83. The zero-order valence-electron chi connectivity index (χ0n) is 12.0. The highest BCUT2D eigenvalue weighted by Crippen LogP contribution is 2.14. The van der Waals surface area contributed by atoms with E-state index in [-0.39, 0.29) is 11.6 Å². The number of amides is 1. The quantitative estimate of drug-likeness (QED) is 0.921. The highest BCUT2D eigenvalue weighted by atomic mass is 35.5. The average molecular weight is 305 g/mol. The number of anilines is 2. The summed E-state index contributed by atoms with van der Waals surface area (Å²) in [6.45, 7) is 5.79. The maximum atomic E-state index is 12.1. The predicted molar refractivity (Wildman–Crippen MR) is 85.0 cm³/mol. The van der Waals surface area contributed by atoms with Gasteiger partial charge in [0.25, 0.3) is 5.91 Å². The van der Waals surface area contributed by atoms with Gasteiger partial charge in [0.2, 0.25) is 0 Å². The Labute approximate surface area is 129 Å². The minimum absolute atomic E-state index is 0.279. The van der Waals surface area contributed by atoms with E-state index in [1.807, 2.05) is 13.8 Å². The molecule has 110 valence electrons. The summed E-state index contributed by atoms with van der Waals surface area (Å²) in [5.74, 6) is 0.471. The summed E-state index contributed by atoms with van der Waals surface area (Å²) in [5, 5.41) is 3.37. The van der Waals surface area contributed by atoms with Crippen LogP contribution < -0.4 is 10.2 Å². The van der Waals surface area contributed by atoms with Gasteiger partial charge in [-0.05, 0) is 38.1 Å². The molecule has 0 fully saturated rings. The minimum atomic E-state index is -0.295. The van der Waals surface area contributed by atoms with Crippen LogP contribution >= 0.6 is 11.6 Å². The van der Waals surface area contributed by atoms with Crippen LogP contribution in [-0.2, 0) is 0 Å². The van der Waals surface area contributed by atoms with E-state index in [1.165, 1.54) is 6.20 Å². The van der Waals surface area contributed by atoms with Crippen LogP contribution in [0, 0.1) is 0 Å². The fourth-order valence-corrected chi connectivity index (χ4v) is 2.00. The number of rotatable bonds is 5. The van der Waals surface area contributed by atoms with E-state index >= 15 is 0 Å². The van der Waals surface area contributed by atoms with Crippen LogP contribution in [0.3, 0.4) is 0 Å². The monoisotopic (exact) mass is 304 g/mol. The Kier molecular flexibility index (Phi) is 5.11. The summed E-state index contributed by atoms with van der Waals surface area (Å²) in [6, 6.07) is 6.90. The standard InChI is InChI=1S/C15H17ClN4O/c1-3-20(4-2)14-10-17-13(9-18-14)15(21)19-12-7-5-11(16)6-8-12/h5-10H,3-4H2,1-2H3,(H,19,21). The largest absolute Gasteiger partial charge is 0.356 e. The number of aromatic nitrogens is 2. The van der Waals surface area contributed by atoms with Crippen LogP contribution in [-0.4, -0.2) is 29.0 Å². The molecule has 0 aliphatic rings. The Bertz CT molecular complexity index is 594. The zero-order chi connectivity index (χ0) is 15.2. The maximum absolute atomic E-state index is 12.1. The molecule has 1 amide bonds. The van der Waals surface area contributed by atoms with E-state index in [0.717, 1.165) is 18.9 Å². The van der Waals surface area contributed by atoms with Crippen molar-refractivity contribution < 1.29 is 4.79 Å². The summed E-state index contributed by atoms with van der Waals surface area (Å²) < 4.78 is 0. The molecule has 0 aliphatic carbocycles. The van der Waals surface area contributed by atoms with Crippen molar-refractivity contribution in [3.8, 4) is 0 Å². The number of hydrogen-bond donors (Lipinski definition) is 1. The molecule has 0 saturated heterocycles. The van der Waals surface area contributed by atoms with E-state index in [1.54, 1.807) is 30.5 Å². The molecule has 0 spiro atoms. The normalized spacial score (nSPS) is 10.2. The Balaban J connectivity index is 2.07. The molecule has 0 unspecified atom stereocenters. The molecule has 6 heteroatoms. The predicted octanol–water partition coefficient (Wildman–Crippen LogP) is 3.23. The lowest BCUT2D eigenvalue weighted by molar-refractivity contribution is 0.102. The fourth-order valence-electron chi connectivity index (χ4n) is 1.88. The number of carbonyl (C=O) groups is 1. The van der Waals surface area contributed by atoms with Crippen molar-refractivity contribution in [3.63, 3.8) is 0 Å². The third-order valence-corrected chi connectivity index (χ3v) is 3.31. The van der Waals surface area contributed by atoms with Gasteiger partial charge in [-0.2, -0.15) is 0 Å². The number of benzene rings is 1. The van der Waals surface area contributed by atoms with E-state index in [0.29, 0.717) is 10.7 Å². The summed E-state index contributed by atoms with van der Waals surface area (Å²) in [7, 11) is 0. The van der Waals surface area contributed by atoms with Crippen LogP contribution in [0.5, 0.6) is 0 Å². The van der Waals surface area contributed by atoms with Gasteiger partial charge >= 0.3 is 0 Å². The first kappa shape index (κ1) is 15.3. The van der Waals surface area contributed by atoms with Gasteiger partial charge in [0, 0.05) is 23.8 Å². The zero-order valence-corrected chi connectivity index (χ0v) is 12.8. The molecule has 21 heavy (non-hydrogen) atoms. The van der Waals surface area contributed by atoms with Gasteiger partial charge in [0.15, 0.2) is 0 Å². The van der Waals surface area contributed by atoms with Gasteiger partial charge in [-0.25, -0.2) is 9.97 Å². The minimum Gasteiger partial charge on any atom is -0.356 e. The van der Waals surface area contributed by atoms with Crippen molar-refractivity contribution in [2.45, 2.75) is 13.8 Å². The van der Waals surface area contributed by atoms with Gasteiger partial charge in [-0.15, -0.1) is 0 Å². The van der Waals surface area contributed by atoms with E-state index in [9.17, 15) is 4.79 Å². The first-order chi connectivity index (χ1) is 10.1. The summed E-state index contributed by atoms with van der Waals surface area (Å²) in [6.07, 6.45) is 3.10. The van der Waals surface area contributed by atoms with E-state index < -0.39 is 0 Å². The highest BCUT2D eigenvalue weighted by Gasteiger charge is 2.10. The van der Waals surface area contributed by atoms with E-state index in [2.05, 4.69) is 20.2 Å². The third-order valence-electron chi connectivity index (χ3n) is 3.06. The number of nitrogens with zero attached hydrogens (tertiary/aromatic N) is 3. The number of carbonyl (C=O) groups excluding carboxylic acids is 1. The lowest BCUT2D eigenvalue weighted by Crippen LogP contribution is -2.23. The van der Waals surface area contributed by atoms with Gasteiger partial charge in [-0.1, -0.05) is 11.6 Å². The molecule has 1 aromatic heterocycles. The third kappa shape index (κ3) is 3.92. The van der Waals surface area contributed by atoms with Crippen molar-refractivity contribution >= 4 is 29.0 Å². The molecule has 5 nitrogen and oxygen atoms in total. The summed E-state index contributed by atoms with van der Waals surface area (Å²) >= 11 is 5.80. The first-order valence-electron chi connectivity index (χ1n) is 6.78. The SMILES string of the molecule is CCN(CC)c1cnc(C(=O)Nc2ccc(Cl)cc2)cn1. The summed E-state index contributed by atoms with van der Waals surface area (Å²) in [4.78, 5) is 22.6. The van der Waals surface area contributed by atoms with Gasteiger partial charge in [0.05, 0.1) is 12.4 Å². The molecule has 1 heterocycles. The number of nitrogens with one attached hydrogen (secondary N) is 1. The number of halogens is 1. The molecule has 0 bridgehead atoms. The Morgan fingerprint density at radius 2 is 1.81 bits per heavy atom. The first-order valence-corrected chi connectivity index (χ1v) is 7.15. The fraction of sp³-hybridized carbons (Fsp3) is 0.267. The second-order valence-electron chi connectivity index (χ2n) is 4.39. The van der Waals surface area contributed by atoms with Crippen LogP contribution in [0.1, 0.15) is 24.3 Å². The molecule has 2 rings (SSSR count). The average Bonchev–Trinajstić information content (AvgIpc) is 2.51. The van der Waals surface area contributed by atoms with Crippen molar-refractivity contribution in [2.75, 3.05) is 23.3 Å².